The van der Waals surface area contributed by atoms with Crippen LogP contribution >= 0.6 is 0 Å². The Morgan fingerprint density at radius 1 is 1.37 bits per heavy atom. The Morgan fingerprint density at radius 3 is 2.78 bits per heavy atom. The number of carbonyl (C=O) groups excluding carboxylic acids is 1. The van der Waals surface area contributed by atoms with Gasteiger partial charge in [-0.15, -0.1) is 6.58 Å². The van der Waals surface area contributed by atoms with Crippen molar-refractivity contribution in [3.63, 3.8) is 0 Å². The van der Waals surface area contributed by atoms with Crippen molar-refractivity contribution in [2.24, 2.45) is 5.92 Å². The first kappa shape index (κ1) is 19.9. The molecule has 1 aromatic carbocycles. The molecule has 1 N–H and O–H groups in total. The summed E-state index contributed by atoms with van der Waals surface area (Å²) < 4.78 is 5.20. The average Bonchev–Trinajstić information content (AvgIpc) is 3.14. The fourth-order valence-electron chi connectivity index (χ4n) is 4.43. The number of likely N-dealkylation sites (tertiary alicyclic amines) is 1. The normalized spacial score (nSPS) is 20.3. The second kappa shape index (κ2) is 9.90. The Hall–Kier alpha value is -1.85. The van der Waals surface area contributed by atoms with Gasteiger partial charge < -0.3 is 15.0 Å². The van der Waals surface area contributed by atoms with Gasteiger partial charge in [0, 0.05) is 39.3 Å². The highest BCUT2D eigenvalue weighted by atomic mass is 16.5. The molecule has 5 nitrogen and oxygen atoms in total. The van der Waals surface area contributed by atoms with Crippen molar-refractivity contribution < 1.29 is 9.53 Å². The minimum Gasteiger partial charge on any atom is -0.383 e. The van der Waals surface area contributed by atoms with Crippen LogP contribution in [0.25, 0.3) is 0 Å². The SMILES string of the molecule is C=CCNC(=O)N(CCOC)CC1CCCN(C2Cc3ccccc3C2)C1. The van der Waals surface area contributed by atoms with Crippen molar-refractivity contribution >= 4 is 6.03 Å². The van der Waals surface area contributed by atoms with E-state index >= 15 is 0 Å². The Labute approximate surface area is 163 Å². The smallest absolute Gasteiger partial charge is 0.317 e. The highest BCUT2D eigenvalue weighted by Gasteiger charge is 2.31. The van der Waals surface area contributed by atoms with Crippen molar-refractivity contribution in [2.75, 3.05) is 46.4 Å². The van der Waals surface area contributed by atoms with Gasteiger partial charge in [-0.05, 0) is 49.3 Å². The van der Waals surface area contributed by atoms with Gasteiger partial charge in [0.2, 0.25) is 0 Å². The van der Waals surface area contributed by atoms with E-state index in [1.54, 1.807) is 13.2 Å². The summed E-state index contributed by atoms with van der Waals surface area (Å²) in [5, 5.41) is 2.91. The first-order valence-corrected chi connectivity index (χ1v) is 10.1. The van der Waals surface area contributed by atoms with Crippen LogP contribution in [-0.4, -0.2) is 68.3 Å². The second-order valence-corrected chi connectivity index (χ2v) is 7.75. The number of urea groups is 1. The number of ether oxygens (including phenoxy) is 1. The summed E-state index contributed by atoms with van der Waals surface area (Å²) in [5.41, 5.74) is 3.02. The molecule has 27 heavy (non-hydrogen) atoms. The number of nitrogens with one attached hydrogen (secondary N) is 1. The first-order valence-electron chi connectivity index (χ1n) is 10.1. The molecule has 1 atom stereocenters. The molecule has 1 aliphatic carbocycles. The van der Waals surface area contributed by atoms with Crippen LogP contribution in [0.4, 0.5) is 4.79 Å². The number of rotatable bonds is 8. The lowest BCUT2D eigenvalue weighted by Gasteiger charge is -2.38. The predicted octanol–water partition coefficient (Wildman–Crippen LogP) is 2.71. The Bertz CT molecular complexity index is 609. The van der Waals surface area contributed by atoms with Crippen LogP contribution in [-0.2, 0) is 17.6 Å². The molecule has 0 aromatic heterocycles. The van der Waals surface area contributed by atoms with Gasteiger partial charge in [0.15, 0.2) is 0 Å². The number of hydrogen-bond donors (Lipinski definition) is 1. The third kappa shape index (κ3) is 5.33. The van der Waals surface area contributed by atoms with Crippen LogP contribution in [0.3, 0.4) is 0 Å². The van der Waals surface area contributed by atoms with E-state index in [9.17, 15) is 4.79 Å². The number of carbonyl (C=O) groups is 1. The van der Waals surface area contributed by atoms with Crippen LogP contribution in [0.15, 0.2) is 36.9 Å². The summed E-state index contributed by atoms with van der Waals surface area (Å²) in [4.78, 5) is 17.0. The molecular formula is C22H33N3O2. The fourth-order valence-corrected chi connectivity index (χ4v) is 4.43. The minimum atomic E-state index is -0.0163. The largest absolute Gasteiger partial charge is 0.383 e. The molecule has 0 radical (unpaired) electrons. The molecule has 0 bridgehead atoms. The molecular weight excluding hydrogens is 338 g/mol. The molecule has 2 aliphatic rings. The quantitative estimate of drug-likeness (QED) is 0.715. The van der Waals surface area contributed by atoms with Crippen LogP contribution in [0.5, 0.6) is 0 Å². The van der Waals surface area contributed by atoms with Gasteiger partial charge >= 0.3 is 6.03 Å². The van der Waals surface area contributed by atoms with Crippen LogP contribution < -0.4 is 5.32 Å². The Balaban J connectivity index is 1.56. The number of amides is 2. The molecule has 148 valence electrons. The molecule has 2 amide bonds. The van der Waals surface area contributed by atoms with Gasteiger partial charge in [0.05, 0.1) is 6.61 Å². The lowest BCUT2D eigenvalue weighted by molar-refractivity contribution is 0.0957. The summed E-state index contributed by atoms with van der Waals surface area (Å²) in [7, 11) is 1.68. The van der Waals surface area contributed by atoms with Gasteiger partial charge in [-0.1, -0.05) is 30.3 Å². The number of fused-ring (bicyclic) bond motifs is 1. The van der Waals surface area contributed by atoms with Gasteiger partial charge in [-0.2, -0.15) is 0 Å². The summed E-state index contributed by atoms with van der Waals surface area (Å²) in [5.74, 6) is 0.522. The van der Waals surface area contributed by atoms with Crippen molar-refractivity contribution in [1.29, 1.82) is 0 Å². The molecule has 1 aromatic rings. The molecule has 0 spiro atoms. The monoisotopic (exact) mass is 371 g/mol. The van der Waals surface area contributed by atoms with E-state index in [1.165, 1.54) is 30.5 Å². The molecule has 3 rings (SSSR count). The van der Waals surface area contributed by atoms with E-state index in [4.69, 9.17) is 4.74 Å². The van der Waals surface area contributed by atoms with Crippen LogP contribution in [0.1, 0.15) is 24.0 Å². The van der Waals surface area contributed by atoms with Crippen molar-refractivity contribution in [1.82, 2.24) is 15.1 Å². The third-order valence-electron chi connectivity index (χ3n) is 5.83. The van der Waals surface area contributed by atoms with Crippen LogP contribution in [0, 0.1) is 5.92 Å². The van der Waals surface area contributed by atoms with Crippen molar-refractivity contribution in [2.45, 2.75) is 31.7 Å². The third-order valence-corrected chi connectivity index (χ3v) is 5.83. The zero-order valence-electron chi connectivity index (χ0n) is 16.5. The van der Waals surface area contributed by atoms with E-state index in [0.717, 1.165) is 25.9 Å². The van der Waals surface area contributed by atoms with E-state index in [2.05, 4.69) is 41.1 Å². The topological polar surface area (TPSA) is 44.8 Å². The number of methoxy groups -OCH3 is 1. The molecule has 1 aliphatic heterocycles. The molecule has 0 saturated carbocycles. The summed E-state index contributed by atoms with van der Waals surface area (Å²) in [6, 6.07) is 9.44. The fraction of sp³-hybridized carbons (Fsp3) is 0.591. The van der Waals surface area contributed by atoms with Gasteiger partial charge in [-0.25, -0.2) is 4.79 Å². The number of benzene rings is 1. The van der Waals surface area contributed by atoms with Gasteiger partial charge in [-0.3, -0.25) is 4.90 Å². The maximum Gasteiger partial charge on any atom is 0.317 e. The average molecular weight is 372 g/mol. The summed E-state index contributed by atoms with van der Waals surface area (Å²) in [6.07, 6.45) is 6.44. The number of hydrogen-bond acceptors (Lipinski definition) is 3. The maximum absolute atomic E-state index is 12.5. The zero-order chi connectivity index (χ0) is 19.1. The molecule has 1 unspecified atom stereocenters. The predicted molar refractivity (Wildman–Crippen MR) is 109 cm³/mol. The Kier molecular flexibility index (Phi) is 7.30. The van der Waals surface area contributed by atoms with Crippen LogP contribution in [0.2, 0.25) is 0 Å². The first-order chi connectivity index (χ1) is 13.2. The van der Waals surface area contributed by atoms with Crippen molar-refractivity contribution in [3.8, 4) is 0 Å². The van der Waals surface area contributed by atoms with E-state index in [1.807, 2.05) is 4.90 Å². The lowest BCUT2D eigenvalue weighted by atomic mass is 9.95. The standard InChI is InChI=1S/C22H33N3O2/c1-3-10-23-22(26)25(12-13-27-2)17-18-7-6-11-24(16-18)21-14-19-8-4-5-9-20(19)15-21/h3-5,8-9,18,21H,1,6-7,10-17H2,2H3,(H,23,26). The number of piperidine rings is 1. The molecule has 5 heteroatoms. The summed E-state index contributed by atoms with van der Waals surface area (Å²) >= 11 is 0. The van der Waals surface area contributed by atoms with Gasteiger partial charge in [0.25, 0.3) is 0 Å². The van der Waals surface area contributed by atoms with E-state index < -0.39 is 0 Å². The van der Waals surface area contributed by atoms with E-state index in [0.29, 0.717) is 31.7 Å². The zero-order valence-corrected chi connectivity index (χ0v) is 16.5. The lowest BCUT2D eigenvalue weighted by Crippen LogP contribution is -2.49. The highest BCUT2D eigenvalue weighted by molar-refractivity contribution is 5.74. The molecule has 1 fully saturated rings. The minimum absolute atomic E-state index is 0.0163. The van der Waals surface area contributed by atoms with Crippen molar-refractivity contribution in [3.05, 3.63) is 48.0 Å². The molecule has 1 heterocycles. The Morgan fingerprint density at radius 2 is 2.11 bits per heavy atom. The second-order valence-electron chi connectivity index (χ2n) is 7.75. The number of nitrogens with zero attached hydrogens (tertiary/aromatic N) is 2. The van der Waals surface area contributed by atoms with E-state index in [-0.39, 0.29) is 6.03 Å². The van der Waals surface area contributed by atoms with Gasteiger partial charge in [0.1, 0.15) is 0 Å². The highest BCUT2D eigenvalue weighted by Crippen LogP contribution is 2.29. The maximum atomic E-state index is 12.5. The summed E-state index contributed by atoms with van der Waals surface area (Å²) in [6.45, 7) is 8.42. The molecule has 1 saturated heterocycles.